The average molecular weight is 350 g/mol. The fraction of sp³-hybridized carbons (Fsp3) is 0.368. The molecule has 1 atom stereocenters. The van der Waals surface area contributed by atoms with Crippen LogP contribution < -0.4 is 15.0 Å². The zero-order chi connectivity index (χ0) is 17.9. The number of hydrogen-bond acceptors (Lipinski definition) is 3. The number of nitrogens with one attached hydrogen (secondary N) is 1. The standard InChI is InChI=1S/C19H21F3N2O/c1-24(16-9-11-17(12-10-16)25-19(20,21)22)15-7-5-14(6-8-15)18-4-2-3-13-23-18/h5-12,18,23H,2-4,13H2,1H3. The molecule has 0 bridgehead atoms. The second-order valence-electron chi connectivity index (χ2n) is 6.19. The first-order valence-corrected chi connectivity index (χ1v) is 8.35. The second-order valence-corrected chi connectivity index (χ2v) is 6.19. The van der Waals surface area contributed by atoms with Gasteiger partial charge in [0.25, 0.3) is 0 Å². The quantitative estimate of drug-likeness (QED) is 0.823. The minimum absolute atomic E-state index is 0.219. The van der Waals surface area contributed by atoms with Crippen LogP contribution in [-0.4, -0.2) is 20.0 Å². The van der Waals surface area contributed by atoms with Gasteiger partial charge in [-0.25, -0.2) is 0 Å². The molecular weight excluding hydrogens is 329 g/mol. The topological polar surface area (TPSA) is 24.5 Å². The molecule has 0 radical (unpaired) electrons. The monoisotopic (exact) mass is 350 g/mol. The van der Waals surface area contributed by atoms with Crippen molar-refractivity contribution < 1.29 is 17.9 Å². The summed E-state index contributed by atoms with van der Waals surface area (Å²) in [5, 5.41) is 3.52. The third kappa shape index (κ3) is 4.66. The molecule has 6 heteroatoms. The lowest BCUT2D eigenvalue weighted by Crippen LogP contribution is -2.26. The molecule has 1 unspecified atom stereocenters. The summed E-state index contributed by atoms with van der Waals surface area (Å²) in [6.07, 6.45) is -1.05. The molecule has 1 heterocycles. The lowest BCUT2D eigenvalue weighted by Gasteiger charge is -2.25. The molecule has 0 aliphatic carbocycles. The average Bonchev–Trinajstić information content (AvgIpc) is 2.61. The van der Waals surface area contributed by atoms with Gasteiger partial charge < -0.3 is 15.0 Å². The van der Waals surface area contributed by atoms with E-state index in [2.05, 4.69) is 22.2 Å². The Labute approximate surface area is 145 Å². The van der Waals surface area contributed by atoms with Crippen molar-refractivity contribution in [2.24, 2.45) is 0 Å². The number of nitrogens with zero attached hydrogens (tertiary/aromatic N) is 1. The highest BCUT2D eigenvalue weighted by molar-refractivity contribution is 5.63. The number of piperidine rings is 1. The van der Waals surface area contributed by atoms with Gasteiger partial charge in [0.15, 0.2) is 0 Å². The Hall–Kier alpha value is -2.21. The zero-order valence-corrected chi connectivity index (χ0v) is 14.0. The smallest absolute Gasteiger partial charge is 0.406 e. The van der Waals surface area contributed by atoms with Crippen molar-refractivity contribution in [2.75, 3.05) is 18.5 Å². The van der Waals surface area contributed by atoms with Crippen LogP contribution in [-0.2, 0) is 0 Å². The van der Waals surface area contributed by atoms with Crippen LogP contribution in [0.15, 0.2) is 48.5 Å². The number of ether oxygens (including phenoxy) is 1. The van der Waals surface area contributed by atoms with Crippen molar-refractivity contribution in [3.8, 4) is 5.75 Å². The number of halogens is 3. The van der Waals surface area contributed by atoms with Gasteiger partial charge in [-0.3, -0.25) is 0 Å². The number of hydrogen-bond donors (Lipinski definition) is 1. The van der Waals surface area contributed by atoms with E-state index in [0.717, 1.165) is 24.3 Å². The van der Waals surface area contributed by atoms with E-state index in [1.54, 1.807) is 12.1 Å². The Morgan fingerprint density at radius 3 is 2.08 bits per heavy atom. The maximum absolute atomic E-state index is 12.2. The summed E-state index contributed by atoms with van der Waals surface area (Å²) in [6, 6.07) is 14.5. The van der Waals surface area contributed by atoms with E-state index in [1.807, 2.05) is 24.1 Å². The molecule has 3 rings (SSSR count). The van der Waals surface area contributed by atoms with Crippen molar-refractivity contribution in [1.29, 1.82) is 0 Å². The Balaban J connectivity index is 1.68. The first-order valence-electron chi connectivity index (χ1n) is 8.35. The summed E-state index contributed by atoms with van der Waals surface area (Å²) in [6.45, 7) is 1.05. The molecule has 1 fully saturated rings. The van der Waals surface area contributed by atoms with Gasteiger partial charge in [0.1, 0.15) is 5.75 Å². The predicted octanol–water partition coefficient (Wildman–Crippen LogP) is 5.17. The van der Waals surface area contributed by atoms with E-state index in [9.17, 15) is 13.2 Å². The molecule has 1 aliphatic rings. The van der Waals surface area contributed by atoms with Gasteiger partial charge in [0, 0.05) is 24.5 Å². The molecule has 1 saturated heterocycles. The molecular formula is C19H21F3N2O. The van der Waals surface area contributed by atoms with E-state index in [-0.39, 0.29) is 5.75 Å². The Bertz CT molecular complexity index is 677. The maximum atomic E-state index is 12.2. The number of alkyl halides is 3. The fourth-order valence-corrected chi connectivity index (χ4v) is 3.09. The highest BCUT2D eigenvalue weighted by Gasteiger charge is 2.31. The van der Waals surface area contributed by atoms with Crippen LogP contribution in [0.3, 0.4) is 0 Å². The third-order valence-electron chi connectivity index (χ3n) is 4.45. The molecule has 0 amide bonds. The van der Waals surface area contributed by atoms with E-state index >= 15 is 0 Å². The molecule has 0 saturated carbocycles. The van der Waals surface area contributed by atoms with E-state index in [1.165, 1.54) is 30.5 Å². The Kier molecular flexibility index (Phi) is 5.18. The molecule has 0 spiro atoms. The van der Waals surface area contributed by atoms with Gasteiger partial charge in [-0.1, -0.05) is 18.6 Å². The van der Waals surface area contributed by atoms with Gasteiger partial charge in [0.2, 0.25) is 0 Å². The van der Waals surface area contributed by atoms with E-state index < -0.39 is 6.36 Å². The summed E-state index contributed by atoms with van der Waals surface area (Å²) < 4.78 is 40.6. The maximum Gasteiger partial charge on any atom is 0.573 e. The molecule has 0 aromatic heterocycles. The summed E-state index contributed by atoms with van der Waals surface area (Å²) in [4.78, 5) is 1.93. The van der Waals surface area contributed by atoms with Crippen molar-refractivity contribution in [2.45, 2.75) is 31.7 Å². The largest absolute Gasteiger partial charge is 0.573 e. The summed E-state index contributed by atoms with van der Waals surface area (Å²) in [5.41, 5.74) is 3.04. The van der Waals surface area contributed by atoms with Crippen LogP contribution in [0, 0.1) is 0 Å². The fourth-order valence-electron chi connectivity index (χ4n) is 3.09. The number of benzene rings is 2. The van der Waals surface area contributed by atoms with Crippen LogP contribution in [0.4, 0.5) is 24.5 Å². The minimum atomic E-state index is -4.67. The summed E-state index contributed by atoms with van der Waals surface area (Å²) in [5.74, 6) is -0.219. The van der Waals surface area contributed by atoms with Gasteiger partial charge in [0.05, 0.1) is 0 Å². The van der Waals surface area contributed by atoms with Gasteiger partial charge >= 0.3 is 6.36 Å². The number of rotatable bonds is 4. The Morgan fingerprint density at radius 2 is 1.56 bits per heavy atom. The zero-order valence-electron chi connectivity index (χ0n) is 14.0. The second kappa shape index (κ2) is 7.35. The SMILES string of the molecule is CN(c1ccc(OC(F)(F)F)cc1)c1ccc(C2CCCCN2)cc1. The molecule has 1 aliphatic heterocycles. The molecule has 2 aromatic rings. The lowest BCUT2D eigenvalue weighted by molar-refractivity contribution is -0.274. The molecule has 1 N–H and O–H groups in total. The van der Waals surface area contributed by atoms with E-state index in [4.69, 9.17) is 0 Å². The summed E-state index contributed by atoms with van der Waals surface area (Å²) >= 11 is 0. The van der Waals surface area contributed by atoms with Crippen molar-refractivity contribution in [1.82, 2.24) is 5.32 Å². The van der Waals surface area contributed by atoms with Crippen LogP contribution >= 0.6 is 0 Å². The molecule has 25 heavy (non-hydrogen) atoms. The predicted molar refractivity (Wildman–Crippen MR) is 92.2 cm³/mol. The van der Waals surface area contributed by atoms with E-state index in [0.29, 0.717) is 6.04 Å². The Morgan fingerprint density at radius 1 is 0.960 bits per heavy atom. The summed E-state index contributed by atoms with van der Waals surface area (Å²) in [7, 11) is 1.88. The highest BCUT2D eigenvalue weighted by Crippen LogP contribution is 2.30. The van der Waals surface area contributed by atoms with Crippen LogP contribution in [0.2, 0.25) is 0 Å². The lowest BCUT2D eigenvalue weighted by atomic mass is 9.97. The van der Waals surface area contributed by atoms with Crippen molar-refractivity contribution in [3.05, 3.63) is 54.1 Å². The van der Waals surface area contributed by atoms with Gasteiger partial charge in [-0.2, -0.15) is 0 Å². The normalized spacial score (nSPS) is 18.0. The van der Waals surface area contributed by atoms with Crippen LogP contribution in [0.5, 0.6) is 5.75 Å². The van der Waals surface area contributed by atoms with Gasteiger partial charge in [-0.05, 0) is 61.3 Å². The first kappa shape index (κ1) is 17.6. The molecule has 134 valence electrons. The van der Waals surface area contributed by atoms with Crippen molar-refractivity contribution >= 4 is 11.4 Å². The first-order chi connectivity index (χ1) is 11.9. The number of anilines is 2. The van der Waals surface area contributed by atoms with Crippen molar-refractivity contribution in [3.63, 3.8) is 0 Å². The van der Waals surface area contributed by atoms with Crippen LogP contribution in [0.1, 0.15) is 30.9 Å². The molecule has 2 aromatic carbocycles. The molecule has 3 nitrogen and oxygen atoms in total. The minimum Gasteiger partial charge on any atom is -0.406 e. The highest BCUT2D eigenvalue weighted by atomic mass is 19.4. The van der Waals surface area contributed by atoms with Crippen LogP contribution in [0.25, 0.3) is 0 Å². The third-order valence-corrected chi connectivity index (χ3v) is 4.45. The van der Waals surface area contributed by atoms with Gasteiger partial charge in [-0.15, -0.1) is 13.2 Å².